The molecule has 0 saturated carbocycles. The Morgan fingerprint density at radius 1 is 1.42 bits per heavy atom. The van der Waals surface area contributed by atoms with Gasteiger partial charge in [-0.25, -0.2) is 9.37 Å². The molecule has 1 aromatic heterocycles. The molecule has 1 unspecified atom stereocenters. The average molecular weight is 277 g/mol. The number of hydrogen-bond acceptors (Lipinski definition) is 3. The van der Waals surface area contributed by atoms with Crippen LogP contribution in [0.5, 0.6) is 0 Å². The van der Waals surface area contributed by atoms with Crippen LogP contribution >= 0.6 is 11.3 Å². The fourth-order valence-corrected chi connectivity index (χ4v) is 3.55. The number of hydrogen-bond donors (Lipinski definition) is 1. The second-order valence-electron chi connectivity index (χ2n) is 4.65. The third kappa shape index (κ3) is 2.26. The third-order valence-electron chi connectivity index (χ3n) is 3.39. The van der Waals surface area contributed by atoms with Crippen molar-refractivity contribution in [3.05, 3.63) is 40.7 Å². The van der Waals surface area contributed by atoms with Crippen molar-refractivity contribution in [2.75, 3.05) is 0 Å². The molecule has 3 rings (SSSR count). The summed E-state index contributed by atoms with van der Waals surface area (Å²) in [6.07, 6.45) is 1.79. The summed E-state index contributed by atoms with van der Waals surface area (Å²) in [6, 6.07) is 6.54. The van der Waals surface area contributed by atoms with E-state index in [1.807, 2.05) is 0 Å². The molecule has 0 fully saturated rings. The predicted octanol–water partition coefficient (Wildman–Crippen LogP) is 3.14. The number of rotatable bonds is 2. The molecule has 0 bridgehead atoms. The third-order valence-corrected chi connectivity index (χ3v) is 4.55. The normalized spacial score (nSPS) is 18.1. The molecule has 5 heteroatoms. The van der Waals surface area contributed by atoms with Gasteiger partial charge < -0.3 is 5.11 Å². The van der Waals surface area contributed by atoms with E-state index >= 15 is 0 Å². The van der Waals surface area contributed by atoms with Gasteiger partial charge in [-0.2, -0.15) is 0 Å². The van der Waals surface area contributed by atoms with Crippen molar-refractivity contribution in [3.63, 3.8) is 0 Å². The van der Waals surface area contributed by atoms with Gasteiger partial charge in [0.05, 0.1) is 11.6 Å². The quantitative estimate of drug-likeness (QED) is 0.917. The zero-order chi connectivity index (χ0) is 13.4. The molecule has 0 amide bonds. The summed E-state index contributed by atoms with van der Waals surface area (Å²) >= 11 is 1.41. The number of fused-ring (bicyclic) bond motifs is 1. The number of aliphatic carboxylic acids is 1. The molecule has 1 aliphatic rings. The second kappa shape index (κ2) is 4.74. The van der Waals surface area contributed by atoms with Crippen molar-refractivity contribution in [2.45, 2.75) is 19.3 Å². The molecule has 0 spiro atoms. The van der Waals surface area contributed by atoms with Gasteiger partial charge >= 0.3 is 5.97 Å². The van der Waals surface area contributed by atoms with E-state index in [2.05, 4.69) is 4.98 Å². The van der Waals surface area contributed by atoms with Crippen LogP contribution in [0.15, 0.2) is 24.3 Å². The number of carbonyl (C=O) groups is 1. The summed E-state index contributed by atoms with van der Waals surface area (Å²) in [7, 11) is 0. The Balaban J connectivity index is 1.96. The molecular formula is C14H12FNO2S. The molecule has 0 saturated heterocycles. The van der Waals surface area contributed by atoms with Gasteiger partial charge in [0.1, 0.15) is 10.8 Å². The smallest absolute Gasteiger partial charge is 0.306 e. The lowest BCUT2D eigenvalue weighted by Gasteiger charge is -2.16. The van der Waals surface area contributed by atoms with Crippen LogP contribution in [0.4, 0.5) is 4.39 Å². The number of carboxylic acids is 1. The molecular weight excluding hydrogens is 265 g/mol. The highest BCUT2D eigenvalue weighted by molar-refractivity contribution is 7.15. The maximum atomic E-state index is 13.7. The first-order valence-electron chi connectivity index (χ1n) is 6.11. The van der Waals surface area contributed by atoms with Crippen LogP contribution in [-0.2, 0) is 17.6 Å². The maximum Gasteiger partial charge on any atom is 0.306 e. The van der Waals surface area contributed by atoms with Crippen LogP contribution in [0.1, 0.15) is 17.0 Å². The van der Waals surface area contributed by atoms with Crippen LogP contribution in [0.3, 0.4) is 0 Å². The highest BCUT2D eigenvalue weighted by Crippen LogP contribution is 2.35. The molecule has 1 N–H and O–H groups in total. The molecule has 0 radical (unpaired) electrons. The maximum absolute atomic E-state index is 13.7. The minimum Gasteiger partial charge on any atom is -0.481 e. The summed E-state index contributed by atoms with van der Waals surface area (Å²) < 4.78 is 13.7. The highest BCUT2D eigenvalue weighted by Gasteiger charge is 2.27. The first-order valence-corrected chi connectivity index (χ1v) is 6.93. The van der Waals surface area contributed by atoms with E-state index in [0.29, 0.717) is 29.8 Å². The van der Waals surface area contributed by atoms with Crippen molar-refractivity contribution in [2.24, 2.45) is 5.92 Å². The van der Waals surface area contributed by atoms with Gasteiger partial charge in [-0.1, -0.05) is 12.1 Å². The van der Waals surface area contributed by atoms with Crippen molar-refractivity contribution in [3.8, 4) is 10.6 Å². The Labute approximate surface area is 113 Å². The van der Waals surface area contributed by atoms with Gasteiger partial charge in [0.15, 0.2) is 0 Å². The van der Waals surface area contributed by atoms with Gasteiger partial charge in [0.25, 0.3) is 0 Å². The number of thiazole rings is 1. The lowest BCUT2D eigenvalue weighted by atomic mass is 9.91. The minimum atomic E-state index is -0.758. The Bertz CT molecular complexity index is 638. The molecule has 1 aromatic carbocycles. The molecule has 3 nitrogen and oxygen atoms in total. The topological polar surface area (TPSA) is 50.2 Å². The summed E-state index contributed by atoms with van der Waals surface area (Å²) in [5.74, 6) is -1.38. The molecule has 1 aliphatic carbocycles. The van der Waals surface area contributed by atoms with Crippen molar-refractivity contribution in [1.29, 1.82) is 0 Å². The van der Waals surface area contributed by atoms with Crippen LogP contribution in [0.2, 0.25) is 0 Å². The number of aromatic nitrogens is 1. The van der Waals surface area contributed by atoms with E-state index in [0.717, 1.165) is 10.6 Å². The predicted molar refractivity (Wildman–Crippen MR) is 70.7 cm³/mol. The summed E-state index contributed by atoms with van der Waals surface area (Å²) in [4.78, 5) is 16.5. The van der Waals surface area contributed by atoms with E-state index < -0.39 is 5.97 Å². The fourth-order valence-electron chi connectivity index (χ4n) is 2.34. The minimum absolute atomic E-state index is 0.289. The lowest BCUT2D eigenvalue weighted by molar-refractivity contribution is -0.142. The SMILES string of the molecule is O=C(O)C1CCc2nc(-c3ccccc3F)sc2C1. The monoisotopic (exact) mass is 277 g/mol. The Morgan fingerprint density at radius 2 is 2.21 bits per heavy atom. The van der Waals surface area contributed by atoms with E-state index in [4.69, 9.17) is 5.11 Å². The molecule has 0 aliphatic heterocycles. The zero-order valence-electron chi connectivity index (χ0n) is 10.1. The number of halogens is 1. The number of aryl methyl sites for hydroxylation is 1. The molecule has 98 valence electrons. The van der Waals surface area contributed by atoms with Gasteiger partial charge in [-0.15, -0.1) is 11.3 Å². The fraction of sp³-hybridized carbons (Fsp3) is 0.286. The summed E-state index contributed by atoms with van der Waals surface area (Å²) in [5, 5.41) is 9.70. The van der Waals surface area contributed by atoms with Crippen LogP contribution in [-0.4, -0.2) is 16.1 Å². The van der Waals surface area contributed by atoms with Crippen molar-refractivity contribution < 1.29 is 14.3 Å². The lowest BCUT2D eigenvalue weighted by Crippen LogP contribution is -2.21. The number of benzene rings is 1. The Kier molecular flexibility index (Phi) is 3.06. The number of nitrogens with zero attached hydrogens (tertiary/aromatic N) is 1. The Hall–Kier alpha value is -1.75. The van der Waals surface area contributed by atoms with Crippen molar-refractivity contribution >= 4 is 17.3 Å². The van der Waals surface area contributed by atoms with Crippen LogP contribution in [0.25, 0.3) is 10.6 Å². The van der Waals surface area contributed by atoms with Gasteiger partial charge in [0, 0.05) is 10.4 Å². The van der Waals surface area contributed by atoms with Crippen LogP contribution < -0.4 is 0 Å². The molecule has 2 aromatic rings. The van der Waals surface area contributed by atoms with E-state index in [1.165, 1.54) is 17.4 Å². The van der Waals surface area contributed by atoms with Gasteiger partial charge in [-0.3, -0.25) is 4.79 Å². The average Bonchev–Trinajstić information content (AvgIpc) is 2.81. The molecule has 19 heavy (non-hydrogen) atoms. The first-order chi connectivity index (χ1) is 9.15. The van der Waals surface area contributed by atoms with E-state index in [-0.39, 0.29) is 11.7 Å². The largest absolute Gasteiger partial charge is 0.481 e. The second-order valence-corrected chi connectivity index (χ2v) is 5.73. The Morgan fingerprint density at radius 3 is 2.95 bits per heavy atom. The zero-order valence-corrected chi connectivity index (χ0v) is 10.9. The van der Waals surface area contributed by atoms with E-state index in [1.54, 1.807) is 18.2 Å². The molecule has 1 atom stereocenters. The van der Waals surface area contributed by atoms with Crippen molar-refractivity contribution in [1.82, 2.24) is 4.98 Å². The standard InChI is InChI=1S/C14H12FNO2S/c15-10-4-2-1-3-9(10)13-16-11-6-5-8(14(17)18)7-12(11)19-13/h1-4,8H,5-7H2,(H,17,18). The number of carboxylic acid groups (broad SMARTS) is 1. The van der Waals surface area contributed by atoms with Gasteiger partial charge in [0.2, 0.25) is 0 Å². The van der Waals surface area contributed by atoms with Crippen LogP contribution in [0, 0.1) is 11.7 Å². The first kappa shape index (κ1) is 12.3. The van der Waals surface area contributed by atoms with Gasteiger partial charge in [-0.05, 0) is 31.4 Å². The molecule has 1 heterocycles. The van der Waals surface area contributed by atoms with E-state index in [9.17, 15) is 9.18 Å². The highest BCUT2D eigenvalue weighted by atomic mass is 32.1. The summed E-state index contributed by atoms with van der Waals surface area (Å²) in [6.45, 7) is 0. The summed E-state index contributed by atoms with van der Waals surface area (Å²) in [5.41, 5.74) is 1.43.